The van der Waals surface area contributed by atoms with Crippen molar-refractivity contribution >= 4 is 33.6 Å². The highest BCUT2D eigenvalue weighted by atomic mass is 32.2. The zero-order valence-corrected chi connectivity index (χ0v) is 34.1. The van der Waals surface area contributed by atoms with Gasteiger partial charge in [-0.15, -0.1) is 0 Å². The summed E-state index contributed by atoms with van der Waals surface area (Å²) in [5, 5.41) is 2.51. The van der Waals surface area contributed by atoms with Gasteiger partial charge in [0.1, 0.15) is 0 Å². The maximum atomic E-state index is 5.39. The van der Waals surface area contributed by atoms with E-state index in [0.29, 0.717) is 5.82 Å². The van der Waals surface area contributed by atoms with Gasteiger partial charge in [0.15, 0.2) is 5.82 Å². The van der Waals surface area contributed by atoms with Crippen LogP contribution in [-0.4, -0.2) is 14.5 Å². The monoisotopic (exact) mass is 785 g/mol. The average molecular weight is 786 g/mol. The zero-order valence-electron chi connectivity index (χ0n) is 33.3. The van der Waals surface area contributed by atoms with Crippen molar-refractivity contribution in [1.82, 2.24) is 14.5 Å². The van der Waals surface area contributed by atoms with Gasteiger partial charge in [0.25, 0.3) is 0 Å². The molecule has 60 heavy (non-hydrogen) atoms. The average Bonchev–Trinajstić information content (AvgIpc) is 3.65. The molecule has 0 fully saturated rings. The molecule has 0 bridgehead atoms. The van der Waals surface area contributed by atoms with Crippen LogP contribution >= 0.6 is 11.8 Å². The SMILES string of the molecule is CC1(C)c2ccccc2C2(c3ccccc3Sc3ccccc32)c2ccc(-c3nc(-c4ccccc4)cc(-c4ccc(-n5c6ccccc6c6ccccc65)cc4)n3)cc21. The molecule has 0 atom stereocenters. The summed E-state index contributed by atoms with van der Waals surface area (Å²) in [5.74, 6) is 0.712. The Bertz CT molecular complexity index is 3220. The van der Waals surface area contributed by atoms with Crippen LogP contribution in [0.1, 0.15) is 47.2 Å². The van der Waals surface area contributed by atoms with Crippen molar-refractivity contribution in [3.05, 3.63) is 234 Å². The Morgan fingerprint density at radius 3 is 1.52 bits per heavy atom. The third-order valence-corrected chi connectivity index (χ3v) is 14.1. The third kappa shape index (κ3) is 5.04. The molecule has 284 valence electrons. The van der Waals surface area contributed by atoms with Crippen LogP contribution in [0.15, 0.2) is 210 Å². The van der Waals surface area contributed by atoms with Crippen LogP contribution in [0.2, 0.25) is 0 Å². The van der Waals surface area contributed by atoms with E-state index >= 15 is 0 Å². The molecule has 0 amide bonds. The number of rotatable bonds is 4. The lowest BCUT2D eigenvalue weighted by atomic mass is 9.54. The summed E-state index contributed by atoms with van der Waals surface area (Å²) in [6.45, 7) is 4.75. The maximum absolute atomic E-state index is 5.39. The molecule has 1 aliphatic carbocycles. The van der Waals surface area contributed by atoms with Crippen molar-refractivity contribution < 1.29 is 0 Å². The van der Waals surface area contributed by atoms with Crippen molar-refractivity contribution in [3.63, 3.8) is 0 Å². The smallest absolute Gasteiger partial charge is 0.160 e. The van der Waals surface area contributed by atoms with Gasteiger partial charge in [-0.25, -0.2) is 9.97 Å². The van der Waals surface area contributed by atoms with E-state index < -0.39 is 5.41 Å². The van der Waals surface area contributed by atoms with Crippen LogP contribution in [-0.2, 0) is 10.8 Å². The standard InChI is InChI=1S/C56H39N3S/c1-55(2)42-20-8-9-21-43(42)56(45-22-10-14-26-52(45)60-53-27-15-11-23-46(53)56)44-33-30-38(34-47(44)55)54-57-48(36-16-4-3-5-17-36)35-49(58-54)37-28-31-39(32-29-37)59-50-24-12-6-18-40(50)41-19-7-13-25-51(41)59/h3-35H,1-2H3. The molecule has 0 unspecified atom stereocenters. The van der Waals surface area contributed by atoms with Crippen molar-refractivity contribution in [2.24, 2.45) is 0 Å². The molecule has 1 spiro atoms. The predicted octanol–water partition coefficient (Wildman–Crippen LogP) is 14.1. The second-order valence-corrected chi connectivity index (χ2v) is 17.6. The van der Waals surface area contributed by atoms with Gasteiger partial charge in [0.2, 0.25) is 0 Å². The zero-order chi connectivity index (χ0) is 40.0. The van der Waals surface area contributed by atoms with Crippen molar-refractivity contribution in [2.45, 2.75) is 34.5 Å². The van der Waals surface area contributed by atoms with Crippen molar-refractivity contribution in [2.75, 3.05) is 0 Å². The normalized spacial score (nSPS) is 14.4. The summed E-state index contributed by atoms with van der Waals surface area (Å²) in [4.78, 5) is 13.3. The summed E-state index contributed by atoms with van der Waals surface area (Å²) in [5.41, 5.74) is 15.6. The Kier molecular flexibility index (Phi) is 7.73. The quantitative estimate of drug-likeness (QED) is 0.178. The van der Waals surface area contributed by atoms with Crippen LogP contribution in [0.3, 0.4) is 0 Å². The molecule has 8 aromatic carbocycles. The summed E-state index contributed by atoms with van der Waals surface area (Å²) in [6, 6.07) is 72.9. The van der Waals surface area contributed by atoms with Crippen LogP contribution < -0.4 is 0 Å². The molecule has 10 aromatic rings. The van der Waals surface area contributed by atoms with E-state index in [1.807, 2.05) is 11.8 Å². The van der Waals surface area contributed by atoms with Crippen LogP contribution in [0, 0.1) is 0 Å². The number of para-hydroxylation sites is 2. The Labute approximate surface area is 354 Å². The summed E-state index contributed by atoms with van der Waals surface area (Å²) in [7, 11) is 0. The van der Waals surface area contributed by atoms with Gasteiger partial charge in [-0.2, -0.15) is 0 Å². The van der Waals surface area contributed by atoms with Gasteiger partial charge in [-0.1, -0.05) is 177 Å². The van der Waals surface area contributed by atoms with Crippen LogP contribution in [0.25, 0.3) is 61.4 Å². The minimum absolute atomic E-state index is 0.288. The topological polar surface area (TPSA) is 30.7 Å². The number of nitrogens with zero attached hydrogens (tertiary/aromatic N) is 3. The highest BCUT2D eigenvalue weighted by molar-refractivity contribution is 7.99. The Morgan fingerprint density at radius 2 is 0.883 bits per heavy atom. The predicted molar refractivity (Wildman–Crippen MR) is 247 cm³/mol. The van der Waals surface area contributed by atoms with Gasteiger partial charge in [0, 0.05) is 48.4 Å². The van der Waals surface area contributed by atoms with Crippen LogP contribution in [0.5, 0.6) is 0 Å². The largest absolute Gasteiger partial charge is 0.309 e. The van der Waals surface area contributed by atoms with Gasteiger partial charge in [0.05, 0.1) is 27.8 Å². The minimum atomic E-state index is -0.478. The van der Waals surface area contributed by atoms with Gasteiger partial charge < -0.3 is 4.57 Å². The van der Waals surface area contributed by atoms with E-state index in [2.05, 4.69) is 219 Å². The molecule has 4 heteroatoms. The molecule has 2 aliphatic rings. The lowest BCUT2D eigenvalue weighted by molar-refractivity contribution is 0.549. The molecule has 0 saturated carbocycles. The van der Waals surface area contributed by atoms with Crippen LogP contribution in [0.4, 0.5) is 0 Å². The minimum Gasteiger partial charge on any atom is -0.309 e. The first kappa shape index (κ1) is 35.0. The van der Waals surface area contributed by atoms with E-state index in [0.717, 1.165) is 33.8 Å². The molecule has 0 radical (unpaired) electrons. The number of hydrogen-bond acceptors (Lipinski definition) is 3. The van der Waals surface area contributed by atoms with Gasteiger partial charge >= 0.3 is 0 Å². The first-order valence-electron chi connectivity index (χ1n) is 20.7. The van der Waals surface area contributed by atoms with Crippen molar-refractivity contribution in [1.29, 1.82) is 0 Å². The number of benzene rings is 8. The second-order valence-electron chi connectivity index (χ2n) is 16.5. The summed E-state index contributed by atoms with van der Waals surface area (Å²) < 4.78 is 2.36. The fraction of sp³-hybridized carbons (Fsp3) is 0.0714. The highest BCUT2D eigenvalue weighted by Gasteiger charge is 2.52. The molecule has 12 rings (SSSR count). The van der Waals surface area contributed by atoms with E-state index in [4.69, 9.17) is 9.97 Å². The summed E-state index contributed by atoms with van der Waals surface area (Å²) in [6.07, 6.45) is 0. The first-order chi connectivity index (χ1) is 29.5. The van der Waals surface area contributed by atoms with E-state index in [1.54, 1.807) is 0 Å². The van der Waals surface area contributed by atoms with Crippen molar-refractivity contribution in [3.8, 4) is 39.6 Å². The first-order valence-corrected chi connectivity index (χ1v) is 21.5. The number of aromatic nitrogens is 3. The lowest BCUT2D eigenvalue weighted by Gasteiger charge is -2.50. The molecule has 3 nitrogen and oxygen atoms in total. The molecular formula is C56H39N3S. The fourth-order valence-electron chi connectivity index (χ4n) is 10.2. The molecule has 3 heterocycles. The van der Waals surface area contributed by atoms with E-state index in [9.17, 15) is 0 Å². The third-order valence-electron chi connectivity index (χ3n) is 13.0. The molecule has 2 aromatic heterocycles. The lowest BCUT2D eigenvalue weighted by Crippen LogP contribution is -2.43. The van der Waals surface area contributed by atoms with E-state index in [-0.39, 0.29) is 5.41 Å². The molecule has 0 N–H and O–H groups in total. The Balaban J connectivity index is 1.05. The molecule has 1 aliphatic heterocycles. The maximum Gasteiger partial charge on any atom is 0.160 e. The summed E-state index contributed by atoms with van der Waals surface area (Å²) >= 11 is 1.88. The van der Waals surface area contributed by atoms with E-state index in [1.165, 1.54) is 65.0 Å². The number of hydrogen-bond donors (Lipinski definition) is 0. The Morgan fingerprint density at radius 1 is 0.400 bits per heavy atom. The molecular weight excluding hydrogens is 747 g/mol. The highest BCUT2D eigenvalue weighted by Crippen LogP contribution is 2.61. The fourth-order valence-corrected chi connectivity index (χ4v) is 11.4. The van der Waals surface area contributed by atoms with Gasteiger partial charge in [-0.3, -0.25) is 0 Å². The molecule has 0 saturated heterocycles. The Hall–Kier alpha value is -7.01. The number of fused-ring (bicyclic) bond motifs is 11. The second kappa shape index (κ2) is 13.3. The van der Waals surface area contributed by atoms with Gasteiger partial charge in [-0.05, 0) is 81.9 Å².